The first-order valence-corrected chi connectivity index (χ1v) is 5.81. The molecule has 1 aromatic rings. The van der Waals surface area contributed by atoms with E-state index < -0.39 is 10.7 Å². The molecule has 18 heavy (non-hydrogen) atoms. The second kappa shape index (κ2) is 6.51. The molecular weight excluding hydrogens is 263 g/mol. The van der Waals surface area contributed by atoms with Gasteiger partial charge in [-0.15, -0.1) is 0 Å². The molecule has 7 heteroatoms. The molecule has 1 rings (SSSR count). The molecule has 0 amide bonds. The summed E-state index contributed by atoms with van der Waals surface area (Å²) in [5.41, 5.74) is -0.168. The second-order valence-corrected chi connectivity index (χ2v) is 4.15. The number of nitrogens with zero attached hydrogens (tertiary/aromatic N) is 1. The predicted molar refractivity (Wildman–Crippen MR) is 67.6 cm³/mol. The molecule has 1 atom stereocenters. The summed E-state index contributed by atoms with van der Waals surface area (Å²) >= 11 is 5.61. The lowest BCUT2D eigenvalue weighted by Crippen LogP contribution is -2.22. The van der Waals surface area contributed by atoms with Crippen LogP contribution in [0.2, 0.25) is 5.02 Å². The van der Waals surface area contributed by atoms with Crippen LogP contribution in [0.3, 0.4) is 0 Å². The zero-order valence-electron chi connectivity index (χ0n) is 10.1. The van der Waals surface area contributed by atoms with Gasteiger partial charge in [-0.1, -0.05) is 11.6 Å². The molecule has 0 aliphatic rings. The summed E-state index contributed by atoms with van der Waals surface area (Å²) in [6.07, 6.45) is 0. The van der Waals surface area contributed by atoms with Crippen LogP contribution in [0.1, 0.15) is 13.8 Å². The minimum Gasteiger partial charge on any atom is -0.380 e. The fourth-order valence-corrected chi connectivity index (χ4v) is 1.57. The van der Waals surface area contributed by atoms with Gasteiger partial charge in [-0.2, -0.15) is 0 Å². The van der Waals surface area contributed by atoms with Crippen LogP contribution >= 0.6 is 11.6 Å². The average molecular weight is 277 g/mol. The van der Waals surface area contributed by atoms with Crippen molar-refractivity contribution >= 4 is 23.0 Å². The van der Waals surface area contributed by atoms with Crippen molar-refractivity contribution in [3.05, 3.63) is 33.1 Å². The number of hydrogen-bond acceptors (Lipinski definition) is 4. The molecule has 0 aromatic heterocycles. The van der Waals surface area contributed by atoms with Crippen molar-refractivity contribution in [3.63, 3.8) is 0 Å². The van der Waals surface area contributed by atoms with E-state index in [1.165, 1.54) is 6.07 Å². The minimum absolute atomic E-state index is 0.148. The Morgan fingerprint density at radius 2 is 2.28 bits per heavy atom. The molecular formula is C11H14ClFN2O3. The molecule has 0 aliphatic carbocycles. The SMILES string of the molecule is CCOCC(C)Nc1cc(Cl)c(F)cc1[N+](=O)[O-]. The van der Waals surface area contributed by atoms with E-state index in [0.29, 0.717) is 13.2 Å². The molecule has 0 aliphatic heterocycles. The van der Waals surface area contributed by atoms with Crippen LogP contribution in [0, 0.1) is 15.9 Å². The summed E-state index contributed by atoms with van der Waals surface area (Å²) < 4.78 is 18.4. The van der Waals surface area contributed by atoms with Gasteiger partial charge in [0.05, 0.1) is 22.6 Å². The van der Waals surface area contributed by atoms with E-state index in [9.17, 15) is 14.5 Å². The normalized spacial score (nSPS) is 12.2. The number of nitrogens with one attached hydrogen (secondary N) is 1. The number of ether oxygens (including phenoxy) is 1. The highest BCUT2D eigenvalue weighted by molar-refractivity contribution is 6.31. The lowest BCUT2D eigenvalue weighted by Gasteiger charge is -2.15. The first-order chi connectivity index (χ1) is 8.45. The van der Waals surface area contributed by atoms with Crippen molar-refractivity contribution in [2.45, 2.75) is 19.9 Å². The Hall–Kier alpha value is -1.40. The van der Waals surface area contributed by atoms with Crippen molar-refractivity contribution in [2.75, 3.05) is 18.5 Å². The van der Waals surface area contributed by atoms with Gasteiger partial charge in [-0.3, -0.25) is 10.1 Å². The van der Waals surface area contributed by atoms with Crippen LogP contribution in [-0.2, 0) is 4.74 Å². The van der Waals surface area contributed by atoms with Crippen molar-refractivity contribution < 1.29 is 14.1 Å². The van der Waals surface area contributed by atoms with E-state index in [1.54, 1.807) is 6.92 Å². The number of halogens is 2. The first-order valence-electron chi connectivity index (χ1n) is 5.43. The van der Waals surface area contributed by atoms with E-state index >= 15 is 0 Å². The van der Waals surface area contributed by atoms with Gasteiger partial charge in [0.15, 0.2) is 0 Å². The molecule has 0 fully saturated rings. The fraction of sp³-hybridized carbons (Fsp3) is 0.455. The van der Waals surface area contributed by atoms with Crippen LogP contribution in [-0.4, -0.2) is 24.2 Å². The molecule has 1 unspecified atom stereocenters. The number of benzene rings is 1. The Labute approximate surface area is 109 Å². The van der Waals surface area contributed by atoms with Gasteiger partial charge in [-0.05, 0) is 19.9 Å². The maximum absolute atomic E-state index is 13.2. The quantitative estimate of drug-likeness (QED) is 0.640. The molecule has 0 radical (unpaired) electrons. The van der Waals surface area contributed by atoms with Gasteiger partial charge in [0.25, 0.3) is 5.69 Å². The third kappa shape index (κ3) is 3.82. The molecule has 0 bridgehead atoms. The Balaban J connectivity index is 2.93. The highest BCUT2D eigenvalue weighted by Gasteiger charge is 2.19. The van der Waals surface area contributed by atoms with Crippen LogP contribution in [0.25, 0.3) is 0 Å². The zero-order chi connectivity index (χ0) is 13.7. The van der Waals surface area contributed by atoms with E-state index in [2.05, 4.69) is 5.32 Å². The Morgan fingerprint density at radius 1 is 1.61 bits per heavy atom. The monoisotopic (exact) mass is 276 g/mol. The standard InChI is InChI=1S/C11H14ClFN2O3/c1-3-18-6-7(2)14-10-4-8(12)9(13)5-11(10)15(16)17/h4-5,7,14H,3,6H2,1-2H3. The smallest absolute Gasteiger partial charge is 0.295 e. The van der Waals surface area contributed by atoms with E-state index in [0.717, 1.165) is 6.07 Å². The van der Waals surface area contributed by atoms with Gasteiger partial charge < -0.3 is 10.1 Å². The Bertz CT molecular complexity index is 443. The molecule has 5 nitrogen and oxygen atoms in total. The molecule has 0 heterocycles. The molecule has 0 saturated heterocycles. The first kappa shape index (κ1) is 14.7. The highest BCUT2D eigenvalue weighted by atomic mass is 35.5. The molecule has 0 spiro atoms. The van der Waals surface area contributed by atoms with Gasteiger partial charge in [0, 0.05) is 12.6 Å². The van der Waals surface area contributed by atoms with Gasteiger partial charge in [-0.25, -0.2) is 4.39 Å². The summed E-state index contributed by atoms with van der Waals surface area (Å²) in [6.45, 7) is 4.60. The van der Waals surface area contributed by atoms with E-state index in [-0.39, 0.29) is 22.4 Å². The largest absolute Gasteiger partial charge is 0.380 e. The van der Waals surface area contributed by atoms with Crippen LogP contribution < -0.4 is 5.32 Å². The maximum Gasteiger partial charge on any atom is 0.295 e. The fourth-order valence-electron chi connectivity index (χ4n) is 1.40. The van der Waals surface area contributed by atoms with Gasteiger partial charge in [0.2, 0.25) is 0 Å². The number of anilines is 1. The van der Waals surface area contributed by atoms with Crippen LogP contribution in [0.15, 0.2) is 12.1 Å². The highest BCUT2D eigenvalue weighted by Crippen LogP contribution is 2.30. The third-order valence-electron chi connectivity index (χ3n) is 2.21. The third-order valence-corrected chi connectivity index (χ3v) is 2.50. The van der Waals surface area contributed by atoms with Gasteiger partial charge in [0.1, 0.15) is 11.5 Å². The maximum atomic E-state index is 13.2. The lowest BCUT2D eigenvalue weighted by molar-refractivity contribution is -0.384. The number of nitro groups is 1. The van der Waals surface area contributed by atoms with Crippen molar-refractivity contribution in [3.8, 4) is 0 Å². The summed E-state index contributed by atoms with van der Waals surface area (Å²) in [6, 6.07) is 1.86. The van der Waals surface area contributed by atoms with E-state index in [4.69, 9.17) is 16.3 Å². The second-order valence-electron chi connectivity index (χ2n) is 3.75. The number of hydrogen-bond donors (Lipinski definition) is 1. The van der Waals surface area contributed by atoms with Crippen molar-refractivity contribution in [2.24, 2.45) is 0 Å². The lowest BCUT2D eigenvalue weighted by atomic mass is 10.2. The van der Waals surface area contributed by atoms with Crippen LogP contribution in [0.5, 0.6) is 0 Å². The summed E-state index contributed by atoms with van der Waals surface area (Å²) in [5, 5.41) is 13.5. The molecule has 0 saturated carbocycles. The zero-order valence-corrected chi connectivity index (χ0v) is 10.8. The van der Waals surface area contributed by atoms with E-state index in [1.807, 2.05) is 6.92 Å². The topological polar surface area (TPSA) is 64.4 Å². The van der Waals surface area contributed by atoms with Crippen molar-refractivity contribution in [1.29, 1.82) is 0 Å². The number of rotatable bonds is 6. The number of nitro benzene ring substituents is 1. The Morgan fingerprint density at radius 3 is 2.83 bits per heavy atom. The summed E-state index contributed by atoms with van der Waals surface area (Å²) in [7, 11) is 0. The summed E-state index contributed by atoms with van der Waals surface area (Å²) in [4.78, 5) is 10.1. The minimum atomic E-state index is -0.814. The molecule has 1 aromatic carbocycles. The predicted octanol–water partition coefficient (Wildman–Crippen LogP) is 3.22. The Kier molecular flexibility index (Phi) is 5.30. The van der Waals surface area contributed by atoms with Crippen molar-refractivity contribution in [1.82, 2.24) is 0 Å². The van der Waals surface area contributed by atoms with Gasteiger partial charge >= 0.3 is 0 Å². The van der Waals surface area contributed by atoms with Crippen LogP contribution in [0.4, 0.5) is 15.8 Å². The average Bonchev–Trinajstić information content (AvgIpc) is 2.30. The molecule has 1 N–H and O–H groups in total. The molecule has 100 valence electrons. The summed E-state index contributed by atoms with van der Waals surface area (Å²) in [5.74, 6) is -0.814.